The number of carbonyl (C=O) groups excluding carboxylic acids is 2. The number of carbonyl (C=O) groups is 2. The molecule has 0 radical (unpaired) electrons. The molecule has 2 heterocycles. The quantitative estimate of drug-likeness (QED) is 0.484. The summed E-state index contributed by atoms with van der Waals surface area (Å²) in [5.74, 6) is -0.393. The van der Waals surface area contributed by atoms with Crippen LogP contribution >= 0.6 is 11.6 Å². The highest BCUT2D eigenvalue weighted by Gasteiger charge is 2.27. The molecular formula is C21H23ClN6O2. The predicted molar refractivity (Wildman–Crippen MR) is 119 cm³/mol. The molecule has 0 aliphatic carbocycles. The van der Waals surface area contributed by atoms with Gasteiger partial charge in [-0.05, 0) is 43.5 Å². The molecule has 0 spiro atoms. The maximum Gasteiger partial charge on any atom is 0.259 e. The van der Waals surface area contributed by atoms with Crippen LogP contribution in [-0.2, 0) is 9.59 Å². The average molecular weight is 427 g/mol. The van der Waals surface area contributed by atoms with Crippen LogP contribution in [0, 0.1) is 10.8 Å². The molecule has 1 fully saturated rings. The van der Waals surface area contributed by atoms with E-state index in [1.54, 1.807) is 17.0 Å². The number of nitrogens with one attached hydrogen (secondary N) is 3. The molecule has 8 nitrogen and oxygen atoms in total. The van der Waals surface area contributed by atoms with Crippen LogP contribution in [0.2, 0.25) is 5.02 Å². The zero-order chi connectivity index (χ0) is 21.7. The molecule has 1 aromatic carbocycles. The molecular weight excluding hydrogens is 404 g/mol. The van der Waals surface area contributed by atoms with Crippen LogP contribution in [-0.4, -0.2) is 51.8 Å². The van der Waals surface area contributed by atoms with Gasteiger partial charge in [0.05, 0.1) is 27.7 Å². The third-order valence-corrected chi connectivity index (χ3v) is 5.37. The lowest BCUT2D eigenvalue weighted by atomic mass is 10.1. The number of para-hydroxylation sites is 1. The van der Waals surface area contributed by atoms with Gasteiger partial charge in [0.25, 0.3) is 5.91 Å². The Balaban J connectivity index is 2.08. The third kappa shape index (κ3) is 4.33. The Morgan fingerprint density at radius 2 is 2.10 bits per heavy atom. The normalized spacial score (nSPS) is 17.3. The van der Waals surface area contributed by atoms with Crippen LogP contribution in [0.3, 0.4) is 0 Å². The number of amides is 2. The molecule has 1 aliphatic heterocycles. The number of rotatable bonds is 6. The first kappa shape index (κ1) is 21.4. The van der Waals surface area contributed by atoms with E-state index in [0.717, 1.165) is 31.7 Å². The summed E-state index contributed by atoms with van der Waals surface area (Å²) in [6.07, 6.45) is 6.94. The minimum atomic E-state index is -0.547. The predicted octanol–water partition coefficient (Wildman–Crippen LogP) is 3.59. The van der Waals surface area contributed by atoms with E-state index in [-0.39, 0.29) is 17.5 Å². The summed E-state index contributed by atoms with van der Waals surface area (Å²) >= 11 is 6.49. The monoisotopic (exact) mass is 426 g/mol. The van der Waals surface area contributed by atoms with Crippen molar-refractivity contribution in [3.05, 3.63) is 47.5 Å². The van der Waals surface area contributed by atoms with Crippen molar-refractivity contribution in [2.24, 2.45) is 0 Å². The van der Waals surface area contributed by atoms with Crippen molar-refractivity contribution in [1.82, 2.24) is 14.5 Å². The lowest BCUT2D eigenvalue weighted by molar-refractivity contribution is -0.126. The van der Waals surface area contributed by atoms with Gasteiger partial charge in [0.1, 0.15) is 0 Å². The van der Waals surface area contributed by atoms with Gasteiger partial charge in [-0.1, -0.05) is 24.2 Å². The Labute approximate surface area is 179 Å². The number of allylic oxidation sites excluding steroid dienone is 1. The molecule has 2 amide bonds. The van der Waals surface area contributed by atoms with Crippen molar-refractivity contribution in [3.63, 3.8) is 0 Å². The van der Waals surface area contributed by atoms with Crippen LogP contribution in [0.1, 0.15) is 25.3 Å². The molecule has 30 heavy (non-hydrogen) atoms. The number of likely N-dealkylation sites (tertiary alicyclic amines) is 1. The Hall–Kier alpha value is -3.26. The van der Waals surface area contributed by atoms with Crippen molar-refractivity contribution in [1.29, 1.82) is 10.8 Å². The molecule has 2 aromatic rings. The van der Waals surface area contributed by atoms with Crippen LogP contribution in [0.5, 0.6) is 0 Å². The van der Waals surface area contributed by atoms with Gasteiger partial charge in [-0.25, -0.2) is 4.98 Å². The second-order valence-corrected chi connectivity index (χ2v) is 7.35. The summed E-state index contributed by atoms with van der Waals surface area (Å²) in [6, 6.07) is 5.20. The van der Waals surface area contributed by atoms with E-state index >= 15 is 0 Å². The number of imidazole rings is 1. The number of nitrogens with zero attached hydrogens (tertiary/aromatic N) is 3. The summed E-state index contributed by atoms with van der Waals surface area (Å²) in [4.78, 5) is 31.2. The number of halogens is 1. The molecule has 1 atom stereocenters. The molecule has 1 aliphatic rings. The van der Waals surface area contributed by atoms with Crippen molar-refractivity contribution < 1.29 is 9.59 Å². The minimum absolute atomic E-state index is 0.0269. The van der Waals surface area contributed by atoms with Crippen molar-refractivity contribution >= 4 is 52.8 Å². The van der Waals surface area contributed by atoms with E-state index in [1.807, 2.05) is 10.6 Å². The first-order valence-electron chi connectivity index (χ1n) is 9.60. The number of hydrogen-bond donors (Lipinski definition) is 3. The van der Waals surface area contributed by atoms with Crippen LogP contribution in [0.15, 0.2) is 42.5 Å². The topological polar surface area (TPSA) is 115 Å². The summed E-state index contributed by atoms with van der Waals surface area (Å²) < 4.78 is 1.87. The first-order valence-corrected chi connectivity index (χ1v) is 9.98. The van der Waals surface area contributed by atoms with Crippen LogP contribution < -0.4 is 5.32 Å². The zero-order valence-corrected chi connectivity index (χ0v) is 17.2. The highest BCUT2D eigenvalue weighted by molar-refractivity contribution is 6.35. The highest BCUT2D eigenvalue weighted by atomic mass is 35.5. The fourth-order valence-corrected chi connectivity index (χ4v) is 3.92. The van der Waals surface area contributed by atoms with E-state index in [9.17, 15) is 9.59 Å². The highest BCUT2D eigenvalue weighted by Crippen LogP contribution is 2.33. The molecule has 1 saturated heterocycles. The Kier molecular flexibility index (Phi) is 6.79. The number of hydrogen-bond acceptors (Lipinski definition) is 5. The van der Waals surface area contributed by atoms with Gasteiger partial charge >= 0.3 is 0 Å². The molecule has 0 bridgehead atoms. The standard InChI is InChI=1S/C21H23ClN6O2/c1-2-18(29)27-11-4-3-6-15(13-27)28-19-16(22)7-5-8-17(19)25-21(28)26-20(30)14(12-24)9-10-23/h2,5,7-10,12,15,23-24H,1,3-4,6,11,13H2,(H,25,26,30)/b14-9+,23-10?,24-12?/t15-/m1/s1. The number of aromatic nitrogens is 2. The average Bonchev–Trinajstić information content (AvgIpc) is 2.93. The molecule has 9 heteroatoms. The number of fused-ring (bicyclic) bond motifs is 1. The summed E-state index contributed by atoms with van der Waals surface area (Å²) in [5.41, 5.74) is 1.33. The Morgan fingerprint density at radius 3 is 2.80 bits per heavy atom. The van der Waals surface area contributed by atoms with Crippen molar-refractivity contribution in [3.8, 4) is 0 Å². The van der Waals surface area contributed by atoms with Crippen LogP contribution in [0.4, 0.5) is 5.95 Å². The second kappa shape index (κ2) is 9.49. The van der Waals surface area contributed by atoms with Gasteiger partial charge in [-0.3, -0.25) is 14.9 Å². The molecule has 156 valence electrons. The van der Waals surface area contributed by atoms with Gasteiger partial charge in [0, 0.05) is 25.5 Å². The lowest BCUT2D eigenvalue weighted by Gasteiger charge is -2.26. The largest absolute Gasteiger partial charge is 0.337 e. The maximum absolute atomic E-state index is 12.6. The van der Waals surface area contributed by atoms with E-state index in [1.165, 1.54) is 12.2 Å². The molecule has 0 unspecified atom stereocenters. The maximum atomic E-state index is 12.6. The van der Waals surface area contributed by atoms with Gasteiger partial charge in [-0.15, -0.1) is 0 Å². The van der Waals surface area contributed by atoms with Gasteiger partial charge in [-0.2, -0.15) is 0 Å². The Bertz CT molecular complexity index is 1040. The molecule has 1 aromatic heterocycles. The third-order valence-electron chi connectivity index (χ3n) is 5.06. The van der Waals surface area contributed by atoms with Gasteiger partial charge in [0.2, 0.25) is 11.9 Å². The fraction of sp³-hybridized carbons (Fsp3) is 0.286. The van der Waals surface area contributed by atoms with Crippen molar-refractivity contribution in [2.75, 3.05) is 18.4 Å². The van der Waals surface area contributed by atoms with E-state index < -0.39 is 5.91 Å². The fourth-order valence-electron chi connectivity index (χ4n) is 3.66. The molecule has 3 rings (SSSR count). The number of benzene rings is 1. The summed E-state index contributed by atoms with van der Waals surface area (Å²) in [5, 5.41) is 17.8. The van der Waals surface area contributed by atoms with Gasteiger partial charge in [0.15, 0.2) is 0 Å². The molecule has 3 N–H and O–H groups in total. The minimum Gasteiger partial charge on any atom is -0.337 e. The van der Waals surface area contributed by atoms with E-state index in [0.29, 0.717) is 35.1 Å². The summed E-state index contributed by atoms with van der Waals surface area (Å²) in [6.45, 7) is 4.67. The lowest BCUT2D eigenvalue weighted by Crippen LogP contribution is -2.34. The summed E-state index contributed by atoms with van der Waals surface area (Å²) in [7, 11) is 0. The van der Waals surface area contributed by atoms with Crippen molar-refractivity contribution in [2.45, 2.75) is 25.3 Å². The van der Waals surface area contributed by atoms with E-state index in [4.69, 9.17) is 22.4 Å². The van der Waals surface area contributed by atoms with Crippen LogP contribution in [0.25, 0.3) is 11.0 Å². The molecule has 0 saturated carbocycles. The smallest absolute Gasteiger partial charge is 0.259 e. The Morgan fingerprint density at radius 1 is 1.30 bits per heavy atom. The second-order valence-electron chi connectivity index (χ2n) is 6.94. The first-order chi connectivity index (χ1) is 14.5. The zero-order valence-electron chi connectivity index (χ0n) is 16.4. The SMILES string of the molecule is C=CC(=O)N1CCCC[C@@H](n2c(NC(=O)/C(C=N)=C/C=N)nc3cccc(Cl)c32)C1. The van der Waals surface area contributed by atoms with Gasteiger partial charge < -0.3 is 20.3 Å². The van der Waals surface area contributed by atoms with E-state index in [2.05, 4.69) is 16.9 Å². The number of anilines is 1.